The first-order valence-electron chi connectivity index (χ1n) is 11.9. The number of carbonyl (C=O) groups is 1. The van der Waals surface area contributed by atoms with Gasteiger partial charge < -0.3 is 14.8 Å². The monoisotopic (exact) mass is 439 g/mol. The van der Waals surface area contributed by atoms with Crippen molar-refractivity contribution in [3.8, 4) is 0 Å². The van der Waals surface area contributed by atoms with Gasteiger partial charge in [-0.1, -0.05) is 13.0 Å². The minimum absolute atomic E-state index is 0.0714. The van der Waals surface area contributed by atoms with E-state index in [1.807, 2.05) is 25.5 Å². The molecule has 3 heterocycles. The van der Waals surface area contributed by atoms with E-state index in [0.29, 0.717) is 19.0 Å². The van der Waals surface area contributed by atoms with Crippen LogP contribution in [0.25, 0.3) is 0 Å². The van der Waals surface area contributed by atoms with Crippen LogP contribution < -0.4 is 5.32 Å². The number of aryl methyl sites for hydroxylation is 1. The van der Waals surface area contributed by atoms with Crippen molar-refractivity contribution in [3.63, 3.8) is 0 Å². The van der Waals surface area contributed by atoms with Gasteiger partial charge in [0.2, 0.25) is 5.91 Å². The summed E-state index contributed by atoms with van der Waals surface area (Å²) >= 11 is 0. The summed E-state index contributed by atoms with van der Waals surface area (Å²) in [5.41, 5.74) is 4.72. The van der Waals surface area contributed by atoms with Gasteiger partial charge in [0.1, 0.15) is 0 Å². The van der Waals surface area contributed by atoms with Gasteiger partial charge >= 0.3 is 0 Å². The molecule has 0 aromatic carbocycles. The second-order valence-corrected chi connectivity index (χ2v) is 9.17. The van der Waals surface area contributed by atoms with Crippen molar-refractivity contribution in [1.29, 1.82) is 0 Å². The van der Waals surface area contributed by atoms with Gasteiger partial charge in [-0.2, -0.15) is 0 Å². The molecule has 4 rings (SSSR count). The van der Waals surface area contributed by atoms with Gasteiger partial charge in [0.25, 0.3) is 0 Å². The van der Waals surface area contributed by atoms with Gasteiger partial charge in [-0.3, -0.25) is 19.6 Å². The summed E-state index contributed by atoms with van der Waals surface area (Å²) in [6, 6.07) is 4.55. The minimum Gasteiger partial charge on any atom is -0.350 e. The van der Waals surface area contributed by atoms with Crippen molar-refractivity contribution in [2.24, 2.45) is 0 Å². The van der Waals surface area contributed by atoms with Crippen LogP contribution in [-0.2, 0) is 31.0 Å². The van der Waals surface area contributed by atoms with Crippen LogP contribution in [0, 0.1) is 0 Å². The van der Waals surface area contributed by atoms with Crippen molar-refractivity contribution in [3.05, 3.63) is 47.3 Å². The average molecular weight is 440 g/mol. The maximum atomic E-state index is 12.0. The highest BCUT2D eigenvalue weighted by Crippen LogP contribution is 2.32. The van der Waals surface area contributed by atoms with E-state index in [4.69, 9.17) is 9.97 Å². The lowest BCUT2D eigenvalue weighted by Crippen LogP contribution is -2.45. The highest BCUT2D eigenvalue weighted by molar-refractivity contribution is 5.75. The van der Waals surface area contributed by atoms with E-state index >= 15 is 0 Å². The molecule has 0 radical (unpaired) electrons. The van der Waals surface area contributed by atoms with E-state index in [-0.39, 0.29) is 5.91 Å². The number of fused-ring (bicyclic) bond motifs is 1. The van der Waals surface area contributed by atoms with Crippen molar-refractivity contribution in [1.82, 2.24) is 34.6 Å². The lowest BCUT2D eigenvalue weighted by molar-refractivity contribution is -0.120. The molecule has 1 atom stereocenters. The maximum absolute atomic E-state index is 12.0. The van der Waals surface area contributed by atoms with E-state index in [9.17, 15) is 4.79 Å². The van der Waals surface area contributed by atoms with Gasteiger partial charge in [0.05, 0.1) is 42.7 Å². The number of hydrogen-bond acceptors (Lipinski definition) is 6. The zero-order chi connectivity index (χ0) is 22.5. The topological polar surface area (TPSA) is 69.5 Å². The average Bonchev–Trinajstić information content (AvgIpc) is 3.19. The third-order valence-electron chi connectivity index (χ3n) is 6.85. The quantitative estimate of drug-likeness (QED) is 0.679. The Bertz CT molecular complexity index is 904. The van der Waals surface area contributed by atoms with Gasteiger partial charge in [0, 0.05) is 45.3 Å². The van der Waals surface area contributed by atoms with Crippen LogP contribution in [0.5, 0.6) is 0 Å². The summed E-state index contributed by atoms with van der Waals surface area (Å²) in [5.74, 6) is 0.0714. The summed E-state index contributed by atoms with van der Waals surface area (Å²) in [4.78, 5) is 28.7. The number of hydrogen-bond donors (Lipinski definition) is 1. The van der Waals surface area contributed by atoms with Gasteiger partial charge in [-0.25, -0.2) is 4.98 Å². The molecule has 1 amide bonds. The largest absolute Gasteiger partial charge is 0.350 e. The number of pyridine rings is 1. The molecule has 32 heavy (non-hydrogen) atoms. The van der Waals surface area contributed by atoms with Crippen LogP contribution in [0.3, 0.4) is 0 Å². The van der Waals surface area contributed by atoms with E-state index < -0.39 is 0 Å². The lowest BCUT2D eigenvalue weighted by Gasteiger charge is -2.33. The molecule has 8 nitrogen and oxygen atoms in total. The molecular formula is C24H37N7O. The molecule has 0 spiro atoms. The van der Waals surface area contributed by atoms with Gasteiger partial charge in [-0.15, -0.1) is 0 Å². The van der Waals surface area contributed by atoms with E-state index in [2.05, 4.69) is 44.7 Å². The Kier molecular flexibility index (Phi) is 7.55. The summed E-state index contributed by atoms with van der Waals surface area (Å²) in [7, 11) is 4.34. The van der Waals surface area contributed by atoms with Gasteiger partial charge in [-0.05, 0) is 45.0 Å². The fraction of sp³-hybridized carbons (Fsp3) is 0.625. The Morgan fingerprint density at radius 1 is 1.25 bits per heavy atom. The number of piperazine rings is 1. The highest BCUT2D eigenvalue weighted by Gasteiger charge is 2.26. The van der Waals surface area contributed by atoms with Crippen LogP contribution in [0.1, 0.15) is 54.9 Å². The normalized spacial score (nSPS) is 19.8. The number of aromatic nitrogens is 3. The predicted octanol–water partition coefficient (Wildman–Crippen LogP) is 2.02. The van der Waals surface area contributed by atoms with Crippen LogP contribution in [0.15, 0.2) is 24.7 Å². The molecular weight excluding hydrogens is 402 g/mol. The number of carbonyl (C=O) groups excluding carboxylic acids is 1. The fourth-order valence-corrected chi connectivity index (χ4v) is 4.78. The zero-order valence-electron chi connectivity index (χ0n) is 19.8. The number of rotatable bonds is 8. The Labute approximate surface area is 191 Å². The first-order chi connectivity index (χ1) is 15.5. The summed E-state index contributed by atoms with van der Waals surface area (Å²) in [6.07, 6.45) is 7.76. The smallest absolute Gasteiger partial charge is 0.220 e. The maximum Gasteiger partial charge on any atom is 0.220 e. The molecule has 1 saturated heterocycles. The SMILES string of the molecule is CCC(=O)NCc1c(CN(C)[C@H]2CCCc3cccnc32)ncn1CN1CCN(C)CC1. The summed E-state index contributed by atoms with van der Waals surface area (Å²) in [5, 5.41) is 3.07. The third kappa shape index (κ3) is 5.36. The Balaban J connectivity index is 1.51. The molecule has 0 unspecified atom stereocenters. The Morgan fingerprint density at radius 3 is 2.84 bits per heavy atom. The van der Waals surface area contributed by atoms with Crippen molar-refractivity contribution in [2.75, 3.05) is 40.3 Å². The summed E-state index contributed by atoms with van der Waals surface area (Å²) in [6.45, 7) is 8.23. The highest BCUT2D eigenvalue weighted by atomic mass is 16.1. The molecule has 1 aliphatic heterocycles. The van der Waals surface area contributed by atoms with Crippen LogP contribution >= 0.6 is 0 Å². The number of nitrogens with zero attached hydrogens (tertiary/aromatic N) is 6. The van der Waals surface area contributed by atoms with Crippen LogP contribution in [0.2, 0.25) is 0 Å². The Hall–Kier alpha value is -2.29. The molecule has 1 fully saturated rings. The molecule has 8 heteroatoms. The van der Waals surface area contributed by atoms with Crippen LogP contribution in [-0.4, -0.2) is 75.4 Å². The van der Waals surface area contributed by atoms with Crippen LogP contribution in [0.4, 0.5) is 0 Å². The van der Waals surface area contributed by atoms with E-state index in [0.717, 1.165) is 63.6 Å². The number of likely N-dealkylation sites (N-methyl/N-ethyl adjacent to an activating group) is 1. The fourth-order valence-electron chi connectivity index (χ4n) is 4.78. The second-order valence-electron chi connectivity index (χ2n) is 9.17. The van der Waals surface area contributed by atoms with Crippen molar-refractivity contribution < 1.29 is 4.79 Å². The minimum atomic E-state index is 0.0714. The number of amides is 1. The lowest BCUT2D eigenvalue weighted by atomic mass is 9.91. The first-order valence-corrected chi connectivity index (χ1v) is 11.9. The molecule has 0 bridgehead atoms. The standard InChI is InChI=1S/C24H37N7O/c1-4-23(32)26-15-22-20(27-17-31(22)18-30-13-11-28(2)12-14-30)16-29(3)21-9-5-7-19-8-6-10-25-24(19)21/h6,8,10,17,21H,4-5,7,9,11-16,18H2,1-3H3,(H,26,32)/t21-/m0/s1. The molecule has 2 aliphatic rings. The molecule has 2 aromatic rings. The van der Waals surface area contributed by atoms with Gasteiger partial charge in [0.15, 0.2) is 0 Å². The van der Waals surface area contributed by atoms with Crippen molar-refractivity contribution >= 4 is 5.91 Å². The summed E-state index contributed by atoms with van der Waals surface area (Å²) < 4.78 is 2.22. The number of imidazole rings is 1. The Morgan fingerprint density at radius 2 is 2.06 bits per heavy atom. The molecule has 1 aliphatic carbocycles. The van der Waals surface area contributed by atoms with Crippen molar-refractivity contribution in [2.45, 2.75) is 58.4 Å². The first kappa shape index (κ1) is 22.9. The molecule has 0 saturated carbocycles. The molecule has 174 valence electrons. The molecule has 1 N–H and O–H groups in total. The third-order valence-corrected chi connectivity index (χ3v) is 6.85. The van der Waals surface area contributed by atoms with E-state index in [1.165, 1.54) is 17.7 Å². The predicted molar refractivity (Wildman–Crippen MR) is 125 cm³/mol. The number of nitrogens with one attached hydrogen (secondary N) is 1. The zero-order valence-corrected chi connectivity index (χ0v) is 19.8. The second kappa shape index (κ2) is 10.6. The van der Waals surface area contributed by atoms with E-state index in [1.54, 1.807) is 0 Å². The molecule has 2 aromatic heterocycles.